The predicted octanol–water partition coefficient (Wildman–Crippen LogP) is -2.58. The largest absolute Gasteiger partial charge is 0.480 e. The van der Waals surface area contributed by atoms with Gasteiger partial charge in [0, 0.05) is 6.42 Å². The van der Waals surface area contributed by atoms with Crippen LogP contribution in [-0.4, -0.2) is 35.4 Å². The van der Waals surface area contributed by atoms with Gasteiger partial charge in [-0.1, -0.05) is 0 Å². The number of Topliss-reactive ketones (excluding diaryl/α,β-unsaturated/α-hetero) is 1. The summed E-state index contributed by atoms with van der Waals surface area (Å²) in [6.45, 7) is -0.362. The van der Waals surface area contributed by atoms with Gasteiger partial charge in [0.05, 0.1) is 12.5 Å². The van der Waals surface area contributed by atoms with Crippen molar-refractivity contribution in [2.75, 3.05) is 6.54 Å². The standard InChI is InChI=1S/C7H13N3O4/c8-2-4(11)3(1-5(9)12)6(10)7(13)14/h3,6H,1-2,8,10H2,(H2,9,12)(H,13,14). The molecule has 0 fully saturated rings. The quantitative estimate of drug-likeness (QED) is 0.372. The molecule has 0 aromatic rings. The summed E-state index contributed by atoms with van der Waals surface area (Å²) in [6.07, 6.45) is -0.399. The third-order valence-corrected chi connectivity index (χ3v) is 1.75. The third-order valence-electron chi connectivity index (χ3n) is 1.75. The van der Waals surface area contributed by atoms with E-state index in [9.17, 15) is 14.4 Å². The van der Waals surface area contributed by atoms with E-state index in [-0.39, 0.29) is 6.54 Å². The van der Waals surface area contributed by atoms with E-state index < -0.39 is 36.0 Å². The van der Waals surface area contributed by atoms with Crippen molar-refractivity contribution in [3.05, 3.63) is 0 Å². The van der Waals surface area contributed by atoms with Crippen LogP contribution >= 0.6 is 0 Å². The number of carbonyl (C=O) groups excluding carboxylic acids is 2. The first-order valence-electron chi connectivity index (χ1n) is 3.89. The Labute approximate surface area is 80.2 Å². The summed E-state index contributed by atoms with van der Waals surface area (Å²) < 4.78 is 0. The molecule has 0 saturated heterocycles. The van der Waals surface area contributed by atoms with Gasteiger partial charge in [0.25, 0.3) is 0 Å². The molecule has 14 heavy (non-hydrogen) atoms. The van der Waals surface area contributed by atoms with E-state index in [4.69, 9.17) is 22.3 Å². The third kappa shape index (κ3) is 3.50. The van der Waals surface area contributed by atoms with Crippen molar-refractivity contribution < 1.29 is 19.5 Å². The molecule has 7 N–H and O–H groups in total. The predicted molar refractivity (Wildman–Crippen MR) is 47.0 cm³/mol. The molecular weight excluding hydrogens is 190 g/mol. The fourth-order valence-corrected chi connectivity index (χ4v) is 0.981. The van der Waals surface area contributed by atoms with E-state index in [0.29, 0.717) is 0 Å². The van der Waals surface area contributed by atoms with E-state index in [1.165, 1.54) is 0 Å². The number of amides is 1. The molecule has 2 atom stereocenters. The number of rotatable bonds is 6. The lowest BCUT2D eigenvalue weighted by molar-refractivity contribution is -0.143. The van der Waals surface area contributed by atoms with Crippen LogP contribution in [-0.2, 0) is 14.4 Å². The van der Waals surface area contributed by atoms with E-state index in [1.54, 1.807) is 0 Å². The Balaban J connectivity index is 4.62. The molecule has 0 radical (unpaired) electrons. The highest BCUT2D eigenvalue weighted by Crippen LogP contribution is 2.08. The number of primary amides is 1. The minimum absolute atomic E-state index is 0.362. The van der Waals surface area contributed by atoms with Crippen LogP contribution in [0.15, 0.2) is 0 Å². The van der Waals surface area contributed by atoms with Gasteiger partial charge in [0.15, 0.2) is 5.78 Å². The molecule has 0 aromatic heterocycles. The molecule has 2 unspecified atom stereocenters. The Kier molecular flexibility index (Phi) is 4.74. The average molecular weight is 203 g/mol. The second kappa shape index (κ2) is 5.30. The summed E-state index contributed by atoms with van der Waals surface area (Å²) in [5.74, 6) is -3.87. The summed E-state index contributed by atoms with van der Waals surface area (Å²) in [7, 11) is 0. The Hall–Kier alpha value is -1.47. The van der Waals surface area contributed by atoms with E-state index in [1.807, 2.05) is 0 Å². The number of carbonyl (C=O) groups is 3. The van der Waals surface area contributed by atoms with Crippen molar-refractivity contribution in [3.63, 3.8) is 0 Å². The first-order chi connectivity index (χ1) is 6.40. The molecule has 0 spiro atoms. The van der Waals surface area contributed by atoms with Gasteiger partial charge in [0.1, 0.15) is 6.04 Å². The summed E-state index contributed by atoms with van der Waals surface area (Å²) in [5.41, 5.74) is 15.1. The van der Waals surface area contributed by atoms with Crippen LogP contribution < -0.4 is 17.2 Å². The zero-order chi connectivity index (χ0) is 11.3. The number of hydrogen-bond donors (Lipinski definition) is 4. The molecule has 0 aromatic carbocycles. The monoisotopic (exact) mass is 203 g/mol. The van der Waals surface area contributed by atoms with Crippen molar-refractivity contribution in [2.45, 2.75) is 12.5 Å². The number of ketones is 1. The molecule has 7 nitrogen and oxygen atoms in total. The highest BCUT2D eigenvalue weighted by Gasteiger charge is 2.30. The Bertz CT molecular complexity index is 253. The highest BCUT2D eigenvalue weighted by atomic mass is 16.4. The van der Waals surface area contributed by atoms with Crippen LogP contribution in [0.25, 0.3) is 0 Å². The minimum atomic E-state index is -1.45. The SMILES string of the molecule is NCC(=O)C(CC(N)=O)C(N)C(=O)O. The number of hydrogen-bond acceptors (Lipinski definition) is 5. The van der Waals surface area contributed by atoms with Crippen molar-refractivity contribution in [1.82, 2.24) is 0 Å². The van der Waals surface area contributed by atoms with Crippen LogP contribution in [0.2, 0.25) is 0 Å². The molecule has 0 aliphatic carbocycles. The van der Waals surface area contributed by atoms with Crippen LogP contribution in [0.3, 0.4) is 0 Å². The second-order valence-electron chi connectivity index (χ2n) is 2.81. The van der Waals surface area contributed by atoms with Gasteiger partial charge >= 0.3 is 5.97 Å². The van der Waals surface area contributed by atoms with Crippen LogP contribution in [0.1, 0.15) is 6.42 Å². The Morgan fingerprint density at radius 1 is 1.29 bits per heavy atom. The van der Waals surface area contributed by atoms with Gasteiger partial charge in [-0.3, -0.25) is 14.4 Å². The van der Waals surface area contributed by atoms with Gasteiger partial charge in [-0.15, -0.1) is 0 Å². The van der Waals surface area contributed by atoms with Crippen molar-refractivity contribution >= 4 is 17.7 Å². The van der Waals surface area contributed by atoms with Gasteiger partial charge in [0.2, 0.25) is 5.91 Å². The first kappa shape index (κ1) is 12.5. The van der Waals surface area contributed by atoms with E-state index in [2.05, 4.69) is 0 Å². The summed E-state index contributed by atoms with van der Waals surface area (Å²) >= 11 is 0. The maximum Gasteiger partial charge on any atom is 0.321 e. The number of carboxylic acids is 1. The van der Waals surface area contributed by atoms with Gasteiger partial charge in [-0.2, -0.15) is 0 Å². The fraction of sp³-hybridized carbons (Fsp3) is 0.571. The molecule has 80 valence electrons. The molecule has 7 heteroatoms. The average Bonchev–Trinajstić information content (AvgIpc) is 2.11. The lowest BCUT2D eigenvalue weighted by Gasteiger charge is -2.16. The fourth-order valence-electron chi connectivity index (χ4n) is 0.981. The Morgan fingerprint density at radius 2 is 1.79 bits per heavy atom. The number of nitrogens with two attached hydrogens (primary N) is 3. The van der Waals surface area contributed by atoms with Crippen molar-refractivity contribution in [3.8, 4) is 0 Å². The maximum atomic E-state index is 11.1. The number of aliphatic carboxylic acids is 1. The molecule has 1 amide bonds. The van der Waals surface area contributed by atoms with Crippen molar-refractivity contribution in [1.29, 1.82) is 0 Å². The topological polar surface area (TPSA) is 150 Å². The maximum absolute atomic E-state index is 11.1. The smallest absolute Gasteiger partial charge is 0.321 e. The Morgan fingerprint density at radius 3 is 2.07 bits per heavy atom. The molecule has 0 rings (SSSR count). The molecule has 0 aliphatic heterocycles. The van der Waals surface area contributed by atoms with Crippen LogP contribution in [0, 0.1) is 5.92 Å². The first-order valence-corrected chi connectivity index (χ1v) is 3.89. The van der Waals surface area contributed by atoms with Gasteiger partial charge < -0.3 is 22.3 Å². The minimum Gasteiger partial charge on any atom is -0.480 e. The highest BCUT2D eigenvalue weighted by molar-refractivity contribution is 5.92. The normalized spacial score (nSPS) is 14.4. The van der Waals surface area contributed by atoms with E-state index >= 15 is 0 Å². The summed E-state index contributed by atoms with van der Waals surface area (Å²) in [6, 6.07) is -1.45. The lowest BCUT2D eigenvalue weighted by atomic mass is 9.92. The molecule has 0 heterocycles. The molecule has 0 bridgehead atoms. The number of carboxylic acid groups (broad SMARTS) is 1. The van der Waals surface area contributed by atoms with Crippen LogP contribution in [0.5, 0.6) is 0 Å². The zero-order valence-electron chi connectivity index (χ0n) is 7.47. The molecular formula is C7H13N3O4. The molecule has 0 aliphatic rings. The summed E-state index contributed by atoms with van der Waals surface area (Å²) in [5, 5.41) is 8.54. The second-order valence-corrected chi connectivity index (χ2v) is 2.81. The lowest BCUT2D eigenvalue weighted by Crippen LogP contribution is -2.45. The van der Waals surface area contributed by atoms with Gasteiger partial charge in [-0.05, 0) is 0 Å². The van der Waals surface area contributed by atoms with E-state index in [0.717, 1.165) is 0 Å². The van der Waals surface area contributed by atoms with Crippen molar-refractivity contribution in [2.24, 2.45) is 23.1 Å². The molecule has 0 saturated carbocycles. The van der Waals surface area contributed by atoms with Gasteiger partial charge in [-0.25, -0.2) is 0 Å². The van der Waals surface area contributed by atoms with Crippen LogP contribution in [0.4, 0.5) is 0 Å². The summed E-state index contributed by atoms with van der Waals surface area (Å²) in [4.78, 5) is 32.1. The zero-order valence-corrected chi connectivity index (χ0v) is 7.47.